The second-order valence-corrected chi connectivity index (χ2v) is 10.8. The quantitative estimate of drug-likeness (QED) is 0.242. The van der Waals surface area contributed by atoms with Crippen LogP contribution >= 0.6 is 35.0 Å². The van der Waals surface area contributed by atoms with Gasteiger partial charge in [-0.05, 0) is 90.3 Å². The number of amides is 1. The lowest BCUT2D eigenvalue weighted by Gasteiger charge is -2.17. The van der Waals surface area contributed by atoms with Crippen LogP contribution in [0.3, 0.4) is 0 Å². The second-order valence-electron chi connectivity index (χ2n) is 8.97. The maximum Gasteiger partial charge on any atom is 0.266 e. The van der Waals surface area contributed by atoms with Crippen molar-refractivity contribution in [2.75, 3.05) is 13.2 Å². The fourth-order valence-electron chi connectivity index (χ4n) is 3.75. The maximum absolute atomic E-state index is 13.6. The summed E-state index contributed by atoms with van der Waals surface area (Å²) in [4.78, 5) is 20.3. The Bertz CT molecular complexity index is 1380. The van der Waals surface area contributed by atoms with Crippen molar-refractivity contribution in [1.29, 1.82) is 0 Å². The lowest BCUT2D eigenvalue weighted by atomic mass is 10.1. The molecule has 0 aromatic heterocycles. The van der Waals surface area contributed by atoms with E-state index < -0.39 is 0 Å². The van der Waals surface area contributed by atoms with Crippen molar-refractivity contribution in [3.05, 3.63) is 92.6 Å². The molecule has 0 radical (unpaired) electrons. The molecule has 1 amide bonds. The summed E-state index contributed by atoms with van der Waals surface area (Å²) < 4.78 is 25.3. The SMILES string of the molecule is CCOc1cc(/C=C2\SC(=Nc3ccc(Cl)cc3)N(CC(C)C)C2=O)cc(Cl)c1OCc1cccc(F)c1. The van der Waals surface area contributed by atoms with Gasteiger partial charge in [-0.25, -0.2) is 9.38 Å². The molecule has 1 saturated heterocycles. The van der Waals surface area contributed by atoms with Crippen molar-refractivity contribution in [2.45, 2.75) is 27.4 Å². The largest absolute Gasteiger partial charge is 0.490 e. The normalized spacial score (nSPS) is 15.7. The molecule has 1 aliphatic rings. The average molecular weight is 574 g/mol. The fraction of sp³-hybridized carbons (Fsp3) is 0.241. The molecule has 198 valence electrons. The van der Waals surface area contributed by atoms with Crippen molar-refractivity contribution >= 4 is 57.8 Å². The highest BCUT2D eigenvalue weighted by Gasteiger charge is 2.34. The number of hydrogen-bond acceptors (Lipinski definition) is 5. The van der Waals surface area contributed by atoms with E-state index in [1.165, 1.54) is 23.9 Å². The van der Waals surface area contributed by atoms with Gasteiger partial charge in [0.05, 0.1) is 22.2 Å². The zero-order chi connectivity index (χ0) is 27.2. The summed E-state index contributed by atoms with van der Waals surface area (Å²) in [5.74, 6) is 0.581. The first-order valence-electron chi connectivity index (χ1n) is 12.1. The summed E-state index contributed by atoms with van der Waals surface area (Å²) in [6.07, 6.45) is 1.77. The highest BCUT2D eigenvalue weighted by atomic mass is 35.5. The number of amidine groups is 1. The molecule has 5 nitrogen and oxygen atoms in total. The molecule has 0 spiro atoms. The summed E-state index contributed by atoms with van der Waals surface area (Å²) in [6, 6.07) is 16.8. The Kier molecular flexibility index (Phi) is 9.36. The molecule has 0 aliphatic carbocycles. The van der Waals surface area contributed by atoms with Gasteiger partial charge in [0.15, 0.2) is 16.7 Å². The minimum atomic E-state index is -0.339. The Morgan fingerprint density at radius 2 is 1.84 bits per heavy atom. The third kappa shape index (κ3) is 7.10. The Morgan fingerprint density at radius 1 is 1.08 bits per heavy atom. The van der Waals surface area contributed by atoms with E-state index in [1.54, 1.807) is 47.4 Å². The number of ether oxygens (including phenoxy) is 2. The number of aliphatic imine (C=N–C) groups is 1. The molecule has 4 rings (SSSR count). The summed E-state index contributed by atoms with van der Waals surface area (Å²) >= 11 is 13.9. The zero-order valence-corrected chi connectivity index (χ0v) is 23.5. The molecule has 38 heavy (non-hydrogen) atoms. The fourth-order valence-corrected chi connectivity index (χ4v) is 5.16. The molecule has 0 atom stereocenters. The number of carbonyl (C=O) groups excluding carboxylic acids is 1. The molecule has 0 unspecified atom stereocenters. The summed E-state index contributed by atoms with van der Waals surface area (Å²) in [5.41, 5.74) is 2.06. The van der Waals surface area contributed by atoms with Crippen LogP contribution < -0.4 is 9.47 Å². The highest BCUT2D eigenvalue weighted by molar-refractivity contribution is 8.18. The first-order valence-corrected chi connectivity index (χ1v) is 13.7. The number of benzene rings is 3. The minimum absolute atomic E-state index is 0.126. The highest BCUT2D eigenvalue weighted by Crippen LogP contribution is 2.40. The first kappa shape index (κ1) is 28.0. The van der Waals surface area contributed by atoms with E-state index in [0.29, 0.717) is 61.6 Å². The van der Waals surface area contributed by atoms with Crippen LogP contribution in [0.5, 0.6) is 11.5 Å². The van der Waals surface area contributed by atoms with Crippen molar-refractivity contribution in [3.63, 3.8) is 0 Å². The van der Waals surface area contributed by atoms with Crippen LogP contribution in [0.4, 0.5) is 10.1 Å². The van der Waals surface area contributed by atoms with E-state index in [1.807, 2.05) is 19.1 Å². The van der Waals surface area contributed by atoms with Crippen LogP contribution in [0.2, 0.25) is 10.0 Å². The molecule has 3 aromatic rings. The Morgan fingerprint density at radius 3 is 2.53 bits per heavy atom. The smallest absolute Gasteiger partial charge is 0.266 e. The van der Waals surface area contributed by atoms with E-state index >= 15 is 0 Å². The average Bonchev–Trinajstić information content (AvgIpc) is 3.13. The van der Waals surface area contributed by atoms with Gasteiger partial charge < -0.3 is 9.47 Å². The number of thioether (sulfide) groups is 1. The first-order chi connectivity index (χ1) is 18.2. The number of nitrogens with zero attached hydrogens (tertiary/aromatic N) is 2. The number of hydrogen-bond donors (Lipinski definition) is 0. The van der Waals surface area contributed by atoms with Gasteiger partial charge in [-0.3, -0.25) is 9.69 Å². The molecule has 9 heteroatoms. The lowest BCUT2D eigenvalue weighted by Crippen LogP contribution is -2.32. The molecular weight excluding hydrogens is 546 g/mol. The van der Waals surface area contributed by atoms with Crippen molar-refractivity contribution in [2.24, 2.45) is 10.9 Å². The van der Waals surface area contributed by atoms with Crippen LogP contribution in [0.1, 0.15) is 31.9 Å². The Balaban J connectivity index is 1.63. The van der Waals surface area contributed by atoms with Gasteiger partial charge in [0.2, 0.25) is 0 Å². The molecule has 1 heterocycles. The van der Waals surface area contributed by atoms with Crippen LogP contribution in [0.25, 0.3) is 6.08 Å². The second kappa shape index (κ2) is 12.7. The standard InChI is InChI=1S/C29H27Cl2FN2O3S/c1-4-36-25-14-20(13-24(31)27(25)37-17-19-6-5-7-22(32)12-19)15-26-28(35)34(16-18(2)3)29(38-26)33-23-10-8-21(30)9-11-23/h5-15,18H,4,16-17H2,1-3H3/b26-15-,33-29?. The predicted octanol–water partition coefficient (Wildman–Crippen LogP) is 8.37. The molecule has 1 aliphatic heterocycles. The van der Waals surface area contributed by atoms with Gasteiger partial charge in [-0.2, -0.15) is 0 Å². The van der Waals surface area contributed by atoms with Crippen molar-refractivity contribution in [3.8, 4) is 11.5 Å². The van der Waals surface area contributed by atoms with E-state index in [-0.39, 0.29) is 24.2 Å². The van der Waals surface area contributed by atoms with Gasteiger partial charge in [0.1, 0.15) is 12.4 Å². The van der Waals surface area contributed by atoms with E-state index in [4.69, 9.17) is 37.7 Å². The van der Waals surface area contributed by atoms with Crippen LogP contribution in [-0.4, -0.2) is 29.1 Å². The summed E-state index contributed by atoms with van der Waals surface area (Å²) in [7, 11) is 0. The Labute approximate surface area is 236 Å². The van der Waals surface area contributed by atoms with Gasteiger partial charge in [0, 0.05) is 11.6 Å². The topological polar surface area (TPSA) is 51.1 Å². The molecule has 0 N–H and O–H groups in total. The van der Waals surface area contributed by atoms with Crippen molar-refractivity contribution in [1.82, 2.24) is 4.90 Å². The Hall–Kier alpha value is -3.00. The van der Waals surface area contributed by atoms with Gasteiger partial charge >= 0.3 is 0 Å². The molecule has 0 bridgehead atoms. The zero-order valence-electron chi connectivity index (χ0n) is 21.2. The predicted molar refractivity (Wildman–Crippen MR) is 154 cm³/mol. The third-order valence-electron chi connectivity index (χ3n) is 5.39. The number of halogens is 3. The monoisotopic (exact) mass is 572 g/mol. The van der Waals surface area contributed by atoms with Gasteiger partial charge in [-0.1, -0.05) is 49.2 Å². The van der Waals surface area contributed by atoms with Gasteiger partial charge in [-0.15, -0.1) is 0 Å². The van der Waals surface area contributed by atoms with Crippen LogP contribution in [0, 0.1) is 11.7 Å². The maximum atomic E-state index is 13.6. The minimum Gasteiger partial charge on any atom is -0.490 e. The van der Waals surface area contributed by atoms with E-state index in [2.05, 4.69) is 13.8 Å². The third-order valence-corrected chi connectivity index (χ3v) is 6.93. The van der Waals surface area contributed by atoms with E-state index in [0.717, 1.165) is 0 Å². The lowest BCUT2D eigenvalue weighted by molar-refractivity contribution is -0.122. The summed E-state index contributed by atoms with van der Waals surface area (Å²) in [6.45, 7) is 7.01. The summed E-state index contributed by atoms with van der Waals surface area (Å²) in [5, 5.41) is 1.54. The molecule has 0 saturated carbocycles. The molecule has 1 fully saturated rings. The number of rotatable bonds is 9. The molecular formula is C29H27Cl2FN2O3S. The van der Waals surface area contributed by atoms with Crippen LogP contribution in [-0.2, 0) is 11.4 Å². The van der Waals surface area contributed by atoms with Crippen LogP contribution in [0.15, 0.2) is 70.6 Å². The van der Waals surface area contributed by atoms with E-state index in [9.17, 15) is 9.18 Å². The van der Waals surface area contributed by atoms with Crippen molar-refractivity contribution < 1.29 is 18.7 Å². The van der Waals surface area contributed by atoms with Gasteiger partial charge in [0.25, 0.3) is 5.91 Å². The molecule has 3 aromatic carbocycles. The number of carbonyl (C=O) groups is 1.